The Hall–Kier alpha value is -3.66. The van der Waals surface area contributed by atoms with Crippen molar-refractivity contribution in [3.63, 3.8) is 0 Å². The first-order valence-corrected chi connectivity index (χ1v) is 11.6. The van der Waals surface area contributed by atoms with Crippen LogP contribution in [0.2, 0.25) is 0 Å². The van der Waals surface area contributed by atoms with Crippen molar-refractivity contribution >= 4 is 40.9 Å². The summed E-state index contributed by atoms with van der Waals surface area (Å²) in [4.78, 5) is 35.8. The van der Waals surface area contributed by atoms with E-state index < -0.39 is 0 Å². The van der Waals surface area contributed by atoms with Gasteiger partial charge in [0.25, 0.3) is 11.1 Å². The molecule has 1 aromatic heterocycles. The van der Waals surface area contributed by atoms with Gasteiger partial charge < -0.3 is 20.4 Å². The first-order chi connectivity index (χ1) is 16.1. The first kappa shape index (κ1) is 25.0. The fourth-order valence-electron chi connectivity index (χ4n) is 2.95. The number of hydrogen-bond acceptors (Lipinski definition) is 7. The average Bonchev–Trinajstić information content (AvgIpc) is 3.23. The topological polar surface area (TPSA) is 126 Å². The lowest BCUT2D eigenvalue weighted by atomic mass is 9.87. The third-order valence-electron chi connectivity index (χ3n) is 4.66. The number of anilines is 2. The van der Waals surface area contributed by atoms with Crippen molar-refractivity contribution in [3.8, 4) is 0 Å². The van der Waals surface area contributed by atoms with Gasteiger partial charge in [0.05, 0.1) is 12.3 Å². The molecule has 34 heavy (non-hydrogen) atoms. The molecule has 0 saturated heterocycles. The summed E-state index contributed by atoms with van der Waals surface area (Å²) in [5.41, 5.74) is 2.85. The summed E-state index contributed by atoms with van der Waals surface area (Å²) < 4.78 is 5.50. The number of hydrogen-bond donors (Lipinski definition) is 3. The lowest BCUT2D eigenvalue weighted by Crippen LogP contribution is -2.23. The molecule has 0 bridgehead atoms. The second-order valence-electron chi connectivity index (χ2n) is 8.57. The van der Waals surface area contributed by atoms with Crippen LogP contribution in [0.4, 0.5) is 11.4 Å². The number of nitrogens with one attached hydrogen (secondary N) is 3. The van der Waals surface area contributed by atoms with Crippen LogP contribution in [-0.4, -0.2) is 33.7 Å². The number of benzene rings is 2. The van der Waals surface area contributed by atoms with Crippen molar-refractivity contribution in [3.05, 3.63) is 65.5 Å². The van der Waals surface area contributed by atoms with Gasteiger partial charge in [-0.3, -0.25) is 14.4 Å². The molecule has 0 atom stereocenters. The van der Waals surface area contributed by atoms with Crippen molar-refractivity contribution in [2.75, 3.05) is 16.4 Å². The summed E-state index contributed by atoms with van der Waals surface area (Å²) in [6.07, 6.45) is 0. The fourth-order valence-corrected chi connectivity index (χ4v) is 3.53. The van der Waals surface area contributed by atoms with Crippen LogP contribution in [0, 0.1) is 0 Å². The van der Waals surface area contributed by atoms with Crippen LogP contribution in [0.3, 0.4) is 0 Å². The normalized spacial score (nSPS) is 11.1. The van der Waals surface area contributed by atoms with Gasteiger partial charge in [-0.15, -0.1) is 10.2 Å². The minimum atomic E-state index is -0.267. The van der Waals surface area contributed by atoms with Crippen LogP contribution >= 0.6 is 11.8 Å². The van der Waals surface area contributed by atoms with Crippen LogP contribution in [0.25, 0.3) is 0 Å². The zero-order chi connectivity index (χ0) is 24.7. The van der Waals surface area contributed by atoms with E-state index in [2.05, 4.69) is 46.9 Å². The Bertz CT molecular complexity index is 1170. The Morgan fingerprint density at radius 1 is 0.971 bits per heavy atom. The summed E-state index contributed by atoms with van der Waals surface area (Å²) in [5.74, 6) is -0.407. The van der Waals surface area contributed by atoms with Crippen LogP contribution in [0.5, 0.6) is 0 Å². The number of rotatable bonds is 8. The molecule has 178 valence electrons. The molecule has 0 radical (unpaired) electrons. The van der Waals surface area contributed by atoms with Gasteiger partial charge >= 0.3 is 0 Å². The molecule has 3 aromatic rings. The highest BCUT2D eigenvalue weighted by Crippen LogP contribution is 2.22. The molecule has 10 heteroatoms. The summed E-state index contributed by atoms with van der Waals surface area (Å²) in [6, 6.07) is 14.3. The van der Waals surface area contributed by atoms with Gasteiger partial charge in [0.1, 0.15) is 0 Å². The lowest BCUT2D eigenvalue weighted by Gasteiger charge is -2.18. The van der Waals surface area contributed by atoms with Crippen LogP contribution < -0.4 is 16.0 Å². The molecule has 9 nitrogen and oxygen atoms in total. The van der Waals surface area contributed by atoms with Crippen molar-refractivity contribution < 1.29 is 18.8 Å². The summed E-state index contributed by atoms with van der Waals surface area (Å²) in [6.45, 7) is 7.83. The van der Waals surface area contributed by atoms with Gasteiger partial charge in [0.2, 0.25) is 17.7 Å². The highest BCUT2D eigenvalue weighted by Gasteiger charge is 2.15. The van der Waals surface area contributed by atoms with Crippen molar-refractivity contribution in [2.24, 2.45) is 0 Å². The Morgan fingerprint density at radius 3 is 2.29 bits per heavy atom. The molecule has 2 aromatic carbocycles. The minimum absolute atomic E-state index is 0.0144. The minimum Gasteiger partial charge on any atom is -0.414 e. The van der Waals surface area contributed by atoms with Gasteiger partial charge in [0.15, 0.2) is 0 Å². The van der Waals surface area contributed by atoms with E-state index in [0.29, 0.717) is 16.9 Å². The predicted molar refractivity (Wildman–Crippen MR) is 131 cm³/mol. The monoisotopic (exact) mass is 481 g/mol. The van der Waals surface area contributed by atoms with Crippen molar-refractivity contribution in [1.82, 2.24) is 15.5 Å². The van der Waals surface area contributed by atoms with E-state index in [1.165, 1.54) is 6.92 Å². The Labute approximate surface area is 202 Å². The van der Waals surface area contributed by atoms with Gasteiger partial charge in [0, 0.05) is 23.9 Å². The van der Waals surface area contributed by atoms with Gasteiger partial charge in [-0.2, -0.15) is 0 Å². The van der Waals surface area contributed by atoms with E-state index in [0.717, 1.165) is 17.3 Å². The SMILES string of the molecule is CC(=O)Nc1cccc(NC(=O)CSc2nnc(CNC(=O)c3ccc(C(C)(C)C)cc3)o2)c1. The summed E-state index contributed by atoms with van der Waals surface area (Å²) in [5, 5.41) is 16.2. The van der Waals surface area contributed by atoms with E-state index in [4.69, 9.17) is 4.42 Å². The number of aromatic nitrogens is 2. The average molecular weight is 482 g/mol. The number of amides is 3. The highest BCUT2D eigenvalue weighted by atomic mass is 32.2. The second kappa shape index (κ2) is 11.0. The number of carbonyl (C=O) groups excluding carboxylic acids is 3. The Morgan fingerprint density at radius 2 is 1.65 bits per heavy atom. The molecule has 0 fully saturated rings. The van der Waals surface area contributed by atoms with Gasteiger partial charge in [-0.25, -0.2) is 0 Å². The molecular formula is C24H27N5O4S. The number of thioether (sulfide) groups is 1. The molecule has 3 rings (SSSR count). The van der Waals surface area contributed by atoms with Crippen LogP contribution in [0.15, 0.2) is 58.2 Å². The summed E-state index contributed by atoms with van der Waals surface area (Å²) in [7, 11) is 0. The quantitative estimate of drug-likeness (QED) is 0.415. The van der Waals surface area contributed by atoms with Gasteiger partial charge in [-0.05, 0) is 41.3 Å². The molecule has 0 aliphatic rings. The zero-order valence-electron chi connectivity index (χ0n) is 19.5. The first-order valence-electron chi connectivity index (χ1n) is 10.6. The maximum Gasteiger partial charge on any atom is 0.277 e. The smallest absolute Gasteiger partial charge is 0.277 e. The maximum absolute atomic E-state index is 12.4. The van der Waals surface area contributed by atoms with E-state index in [-0.39, 0.29) is 46.5 Å². The molecule has 0 aliphatic heterocycles. The lowest BCUT2D eigenvalue weighted by molar-refractivity contribution is -0.114. The molecule has 0 unspecified atom stereocenters. The molecule has 1 heterocycles. The molecular weight excluding hydrogens is 454 g/mol. The Balaban J connectivity index is 1.46. The van der Waals surface area contributed by atoms with E-state index in [9.17, 15) is 14.4 Å². The van der Waals surface area contributed by atoms with E-state index in [1.54, 1.807) is 36.4 Å². The standard InChI is InChI=1S/C24H27N5O4S/c1-15(30)26-18-6-5-7-19(12-18)27-20(31)14-34-23-29-28-21(33-23)13-25-22(32)16-8-10-17(11-9-16)24(2,3)4/h5-12H,13-14H2,1-4H3,(H,25,32)(H,26,30)(H,27,31). The summed E-state index contributed by atoms with van der Waals surface area (Å²) >= 11 is 1.08. The predicted octanol–water partition coefficient (Wildman–Crippen LogP) is 3.99. The van der Waals surface area contributed by atoms with E-state index >= 15 is 0 Å². The van der Waals surface area contributed by atoms with Crippen LogP contribution in [0.1, 0.15) is 49.5 Å². The maximum atomic E-state index is 12.4. The van der Waals surface area contributed by atoms with Crippen LogP contribution in [-0.2, 0) is 21.5 Å². The molecule has 3 N–H and O–H groups in total. The third-order valence-corrected chi connectivity index (χ3v) is 5.47. The number of carbonyl (C=O) groups is 3. The van der Waals surface area contributed by atoms with Crippen molar-refractivity contribution in [1.29, 1.82) is 0 Å². The Kier molecular flexibility index (Phi) is 8.06. The largest absolute Gasteiger partial charge is 0.414 e. The third kappa shape index (κ3) is 7.45. The van der Waals surface area contributed by atoms with E-state index in [1.807, 2.05) is 12.1 Å². The van der Waals surface area contributed by atoms with Crippen molar-refractivity contribution in [2.45, 2.75) is 44.9 Å². The zero-order valence-corrected chi connectivity index (χ0v) is 20.3. The fraction of sp³-hybridized carbons (Fsp3) is 0.292. The molecule has 0 spiro atoms. The molecule has 0 saturated carbocycles. The van der Waals surface area contributed by atoms with Gasteiger partial charge in [-0.1, -0.05) is 50.7 Å². The highest BCUT2D eigenvalue weighted by molar-refractivity contribution is 7.99. The number of nitrogens with zero attached hydrogens (tertiary/aromatic N) is 2. The second-order valence-corrected chi connectivity index (χ2v) is 9.50. The molecule has 3 amide bonds. The molecule has 0 aliphatic carbocycles.